The largest absolute Gasteiger partial charge is 0.411 e. The van der Waals surface area contributed by atoms with Crippen LogP contribution >= 0.6 is 11.3 Å². The molecular formula is C19H19FN4O4S2. The number of carbonyl (C=O) groups excluding carboxylic acids is 1. The van der Waals surface area contributed by atoms with Crippen molar-refractivity contribution in [2.24, 2.45) is 0 Å². The minimum Gasteiger partial charge on any atom is -0.411 e. The molecule has 0 atom stereocenters. The van der Waals surface area contributed by atoms with Crippen LogP contribution in [-0.2, 0) is 10.0 Å². The van der Waals surface area contributed by atoms with E-state index in [1.165, 1.54) is 18.2 Å². The van der Waals surface area contributed by atoms with Crippen molar-refractivity contribution in [3.63, 3.8) is 0 Å². The van der Waals surface area contributed by atoms with E-state index in [4.69, 9.17) is 4.42 Å². The summed E-state index contributed by atoms with van der Waals surface area (Å²) in [6, 6.07) is 5.53. The van der Waals surface area contributed by atoms with Crippen molar-refractivity contribution < 1.29 is 22.0 Å². The van der Waals surface area contributed by atoms with Crippen LogP contribution in [0.1, 0.15) is 34.0 Å². The van der Waals surface area contributed by atoms with E-state index in [-0.39, 0.29) is 28.3 Å². The van der Waals surface area contributed by atoms with E-state index in [0.29, 0.717) is 28.4 Å². The number of nitrogens with zero attached hydrogens (tertiary/aromatic N) is 3. The summed E-state index contributed by atoms with van der Waals surface area (Å²) < 4.78 is 47.2. The predicted molar refractivity (Wildman–Crippen MR) is 109 cm³/mol. The Labute approximate surface area is 176 Å². The molecule has 1 saturated heterocycles. The van der Waals surface area contributed by atoms with Crippen LogP contribution in [0.5, 0.6) is 0 Å². The molecule has 4 rings (SSSR count). The summed E-state index contributed by atoms with van der Waals surface area (Å²) in [6.45, 7) is 4.55. The fourth-order valence-electron chi connectivity index (χ4n) is 3.17. The molecule has 1 aliphatic rings. The number of hydrogen-bond donors (Lipinski definition) is 1. The first-order valence-corrected chi connectivity index (χ1v) is 11.6. The number of carbonyl (C=O) groups is 1. The Kier molecular flexibility index (Phi) is 5.33. The van der Waals surface area contributed by atoms with Crippen LogP contribution in [0.15, 0.2) is 33.6 Å². The summed E-state index contributed by atoms with van der Waals surface area (Å²) in [5, 5.41) is 7.72. The van der Waals surface area contributed by atoms with Crippen molar-refractivity contribution in [1.29, 1.82) is 0 Å². The third kappa shape index (κ3) is 3.94. The zero-order chi connectivity index (χ0) is 21.5. The molecule has 8 nitrogen and oxygen atoms in total. The van der Waals surface area contributed by atoms with Crippen LogP contribution in [0.2, 0.25) is 0 Å². The highest BCUT2D eigenvalue weighted by molar-refractivity contribution is 7.93. The first-order chi connectivity index (χ1) is 14.2. The minimum atomic E-state index is -3.95. The maximum atomic E-state index is 13.7. The molecule has 3 heterocycles. The molecule has 30 heavy (non-hydrogen) atoms. The molecule has 11 heteroatoms. The molecule has 1 aromatic carbocycles. The van der Waals surface area contributed by atoms with E-state index >= 15 is 0 Å². The molecule has 0 saturated carbocycles. The molecule has 0 aliphatic carbocycles. The van der Waals surface area contributed by atoms with Gasteiger partial charge in [-0.2, -0.15) is 0 Å². The molecule has 3 aromatic rings. The Bertz CT molecular complexity index is 1210. The van der Waals surface area contributed by atoms with Crippen LogP contribution in [0.4, 0.5) is 10.1 Å². The summed E-state index contributed by atoms with van der Waals surface area (Å²) in [5.74, 6) is -0.862. The highest BCUT2D eigenvalue weighted by Gasteiger charge is 2.27. The van der Waals surface area contributed by atoms with Crippen molar-refractivity contribution in [3.8, 4) is 10.8 Å². The van der Waals surface area contributed by atoms with Crippen LogP contribution in [0.25, 0.3) is 10.8 Å². The van der Waals surface area contributed by atoms with Gasteiger partial charge in [0.15, 0.2) is 0 Å². The van der Waals surface area contributed by atoms with Gasteiger partial charge in [0.25, 0.3) is 15.9 Å². The monoisotopic (exact) mass is 450 g/mol. The number of likely N-dealkylation sites (tertiary alicyclic amines) is 1. The number of rotatable bonds is 5. The number of aromatic nitrogens is 2. The SMILES string of the molecule is Cc1ccc(NS(=O)(=O)c2cc(-c3nnc(C(=O)N4CCCC4)o3)sc2C)cc1F. The van der Waals surface area contributed by atoms with E-state index < -0.39 is 15.8 Å². The zero-order valence-electron chi connectivity index (χ0n) is 16.3. The number of nitrogens with one attached hydrogen (secondary N) is 1. The van der Waals surface area contributed by atoms with Crippen molar-refractivity contribution in [2.75, 3.05) is 17.8 Å². The third-order valence-electron chi connectivity index (χ3n) is 4.80. The quantitative estimate of drug-likeness (QED) is 0.637. The number of benzene rings is 1. The van der Waals surface area contributed by atoms with E-state index in [1.807, 2.05) is 0 Å². The highest BCUT2D eigenvalue weighted by atomic mass is 32.2. The van der Waals surface area contributed by atoms with Crippen molar-refractivity contribution in [2.45, 2.75) is 31.6 Å². The second kappa shape index (κ2) is 7.80. The molecule has 1 aliphatic heterocycles. The van der Waals surface area contributed by atoms with E-state index in [0.717, 1.165) is 30.2 Å². The normalized spacial score (nSPS) is 14.3. The van der Waals surface area contributed by atoms with E-state index in [9.17, 15) is 17.6 Å². The van der Waals surface area contributed by atoms with Gasteiger partial charge in [0.05, 0.1) is 10.6 Å². The Hall–Kier alpha value is -2.79. The number of hydrogen-bond acceptors (Lipinski definition) is 7. The third-order valence-corrected chi connectivity index (χ3v) is 7.47. The topological polar surface area (TPSA) is 105 Å². The Morgan fingerprint density at radius 2 is 1.93 bits per heavy atom. The van der Waals surface area contributed by atoms with Gasteiger partial charge in [0.2, 0.25) is 0 Å². The van der Waals surface area contributed by atoms with Gasteiger partial charge in [-0.15, -0.1) is 21.5 Å². The molecule has 0 spiro atoms. The summed E-state index contributed by atoms with van der Waals surface area (Å²) >= 11 is 1.15. The smallest absolute Gasteiger partial charge is 0.311 e. The molecule has 0 bridgehead atoms. The summed E-state index contributed by atoms with van der Waals surface area (Å²) in [4.78, 5) is 15.0. The average Bonchev–Trinajstić information content (AvgIpc) is 3.43. The first-order valence-electron chi connectivity index (χ1n) is 9.27. The molecule has 0 radical (unpaired) electrons. The standard InChI is InChI=1S/C19H19FN4O4S2/c1-11-5-6-13(9-14(11)20)23-30(26,27)16-10-15(29-12(16)2)17-21-22-18(28-17)19(25)24-7-3-4-8-24/h5-6,9-10,23H,3-4,7-8H2,1-2H3. The van der Waals surface area contributed by atoms with E-state index in [1.54, 1.807) is 18.7 Å². The van der Waals surface area contributed by atoms with Crippen molar-refractivity contribution >= 4 is 33.0 Å². The van der Waals surface area contributed by atoms with Gasteiger partial charge >= 0.3 is 11.8 Å². The fraction of sp³-hybridized carbons (Fsp3) is 0.316. The molecule has 1 N–H and O–H groups in total. The van der Waals surface area contributed by atoms with Crippen LogP contribution in [0.3, 0.4) is 0 Å². The van der Waals surface area contributed by atoms with Gasteiger partial charge in [-0.3, -0.25) is 9.52 Å². The van der Waals surface area contributed by atoms with Crippen LogP contribution in [0, 0.1) is 19.7 Å². The molecule has 158 valence electrons. The van der Waals surface area contributed by atoms with E-state index in [2.05, 4.69) is 14.9 Å². The summed E-state index contributed by atoms with van der Waals surface area (Å²) in [5.41, 5.74) is 0.546. The molecular weight excluding hydrogens is 431 g/mol. The lowest BCUT2D eigenvalue weighted by Crippen LogP contribution is -2.27. The minimum absolute atomic E-state index is 0.0223. The lowest BCUT2D eigenvalue weighted by atomic mass is 10.2. The van der Waals surface area contributed by atoms with Gasteiger partial charge in [-0.1, -0.05) is 6.07 Å². The average molecular weight is 451 g/mol. The number of sulfonamides is 1. The van der Waals surface area contributed by atoms with Crippen LogP contribution in [-0.4, -0.2) is 42.5 Å². The molecule has 1 amide bonds. The second-order valence-corrected chi connectivity index (χ2v) is 9.92. The van der Waals surface area contributed by atoms with Gasteiger partial charge in [-0.25, -0.2) is 12.8 Å². The Morgan fingerprint density at radius 1 is 1.20 bits per heavy atom. The Balaban J connectivity index is 1.58. The maximum Gasteiger partial charge on any atom is 0.311 e. The fourth-order valence-corrected chi connectivity index (χ4v) is 5.73. The molecule has 0 unspecified atom stereocenters. The number of aryl methyl sites for hydroxylation is 2. The highest BCUT2D eigenvalue weighted by Crippen LogP contribution is 2.34. The summed E-state index contributed by atoms with van der Waals surface area (Å²) in [6.07, 6.45) is 1.88. The number of thiophene rings is 1. The zero-order valence-corrected chi connectivity index (χ0v) is 17.9. The lowest BCUT2D eigenvalue weighted by molar-refractivity contribution is 0.0754. The van der Waals surface area contributed by atoms with Crippen LogP contribution < -0.4 is 4.72 Å². The number of amides is 1. The van der Waals surface area contributed by atoms with Gasteiger partial charge < -0.3 is 9.32 Å². The lowest BCUT2D eigenvalue weighted by Gasteiger charge is -2.11. The Morgan fingerprint density at radius 3 is 2.63 bits per heavy atom. The second-order valence-electron chi connectivity index (χ2n) is 7.01. The van der Waals surface area contributed by atoms with Gasteiger partial charge in [0, 0.05) is 18.0 Å². The van der Waals surface area contributed by atoms with Gasteiger partial charge in [-0.05, 0) is 50.5 Å². The van der Waals surface area contributed by atoms with Gasteiger partial charge in [0.1, 0.15) is 10.7 Å². The van der Waals surface area contributed by atoms with Crippen molar-refractivity contribution in [3.05, 3.63) is 46.4 Å². The number of halogens is 1. The molecule has 2 aromatic heterocycles. The predicted octanol–water partition coefficient (Wildman–Crippen LogP) is 3.59. The summed E-state index contributed by atoms with van der Waals surface area (Å²) in [7, 11) is -3.95. The first kappa shape index (κ1) is 20.5. The number of anilines is 1. The molecule has 1 fully saturated rings. The van der Waals surface area contributed by atoms with Crippen molar-refractivity contribution in [1.82, 2.24) is 15.1 Å². The maximum absolute atomic E-state index is 13.7.